The average Bonchev–Trinajstić information content (AvgIpc) is 1.99. The van der Waals surface area contributed by atoms with E-state index in [4.69, 9.17) is 28.9 Å². The number of nitrogens with two attached hydrogens (primary N) is 1. The molecule has 1 heterocycles. The Morgan fingerprint density at radius 3 is 2.09 bits per heavy atom. The predicted octanol–water partition coefficient (Wildman–Crippen LogP) is 2.09. The molecule has 2 N–H and O–H groups in total. The number of anilines is 1. The van der Waals surface area contributed by atoms with Gasteiger partial charge in [0.15, 0.2) is 15.5 Å². The molecule has 0 amide bonds. The number of aromatic nitrogens is 2. The highest BCUT2D eigenvalue weighted by molar-refractivity contribution is 7.98. The average molecular weight is 210 g/mol. The van der Waals surface area contributed by atoms with Crippen LogP contribution in [0.25, 0.3) is 0 Å². The van der Waals surface area contributed by atoms with Crippen LogP contribution in [0, 0.1) is 0 Å². The van der Waals surface area contributed by atoms with Crippen LogP contribution in [0.4, 0.5) is 5.69 Å². The summed E-state index contributed by atoms with van der Waals surface area (Å²) >= 11 is 12.6. The Morgan fingerprint density at radius 2 is 1.73 bits per heavy atom. The Bertz CT molecular complexity index is 255. The molecular formula is C5H5Cl2N3S. The van der Waals surface area contributed by atoms with Gasteiger partial charge in [0.05, 0.1) is 0 Å². The van der Waals surface area contributed by atoms with Crippen molar-refractivity contribution in [3.8, 4) is 0 Å². The van der Waals surface area contributed by atoms with Crippen LogP contribution in [-0.2, 0) is 0 Å². The maximum absolute atomic E-state index is 5.62. The second-order valence-corrected chi connectivity index (χ2v) is 3.20. The van der Waals surface area contributed by atoms with Crippen molar-refractivity contribution in [1.29, 1.82) is 0 Å². The summed E-state index contributed by atoms with van der Waals surface area (Å²) in [6.07, 6.45) is 1.83. The highest BCUT2D eigenvalue weighted by Crippen LogP contribution is 2.25. The molecule has 0 fully saturated rings. The quantitative estimate of drug-likeness (QED) is 0.438. The first-order valence-electron chi connectivity index (χ1n) is 2.67. The molecule has 0 aliphatic rings. The summed E-state index contributed by atoms with van der Waals surface area (Å²) in [7, 11) is 0. The Balaban J connectivity index is 3.21. The minimum Gasteiger partial charge on any atom is -0.394 e. The van der Waals surface area contributed by atoms with Gasteiger partial charge >= 0.3 is 0 Å². The number of thioether (sulfide) groups is 1. The first kappa shape index (κ1) is 8.90. The maximum atomic E-state index is 5.62. The van der Waals surface area contributed by atoms with Gasteiger partial charge in [-0.2, -0.15) is 0 Å². The van der Waals surface area contributed by atoms with Crippen molar-refractivity contribution in [2.24, 2.45) is 0 Å². The van der Waals surface area contributed by atoms with Gasteiger partial charge in [-0.25, -0.2) is 9.97 Å². The van der Waals surface area contributed by atoms with E-state index in [0.29, 0.717) is 5.16 Å². The van der Waals surface area contributed by atoms with Crippen LogP contribution in [0.5, 0.6) is 0 Å². The smallest absolute Gasteiger partial charge is 0.190 e. The van der Waals surface area contributed by atoms with Gasteiger partial charge < -0.3 is 5.73 Å². The van der Waals surface area contributed by atoms with E-state index in [-0.39, 0.29) is 16.0 Å². The standard InChI is InChI=1S/C5H5Cl2N3S/c1-11-5-9-3(6)2(8)4(7)10-5/h8H2,1H3. The summed E-state index contributed by atoms with van der Waals surface area (Å²) in [5.41, 5.74) is 5.64. The zero-order valence-electron chi connectivity index (χ0n) is 5.64. The molecule has 0 radical (unpaired) electrons. The van der Waals surface area contributed by atoms with E-state index in [2.05, 4.69) is 9.97 Å². The predicted molar refractivity (Wildman–Crippen MR) is 48.2 cm³/mol. The molecule has 0 bridgehead atoms. The lowest BCUT2D eigenvalue weighted by molar-refractivity contribution is 0.975. The minimum absolute atomic E-state index is 0.203. The molecule has 60 valence electrons. The number of rotatable bonds is 1. The SMILES string of the molecule is CSc1nc(Cl)c(N)c(Cl)n1. The van der Waals surface area contributed by atoms with Crippen molar-refractivity contribution in [3.05, 3.63) is 10.3 Å². The van der Waals surface area contributed by atoms with Crippen LogP contribution < -0.4 is 5.73 Å². The summed E-state index contributed by atoms with van der Waals surface area (Å²) in [6, 6.07) is 0. The van der Waals surface area contributed by atoms with Crippen LogP contribution >= 0.6 is 35.0 Å². The van der Waals surface area contributed by atoms with Crippen LogP contribution in [0.2, 0.25) is 10.3 Å². The highest BCUT2D eigenvalue weighted by atomic mass is 35.5. The largest absolute Gasteiger partial charge is 0.394 e. The van der Waals surface area contributed by atoms with Crippen molar-refractivity contribution in [3.63, 3.8) is 0 Å². The third-order valence-corrected chi connectivity index (χ3v) is 2.14. The van der Waals surface area contributed by atoms with Crippen LogP contribution in [0.1, 0.15) is 0 Å². The summed E-state index contributed by atoms with van der Waals surface area (Å²) < 4.78 is 0. The highest BCUT2D eigenvalue weighted by Gasteiger charge is 2.06. The number of hydrogen-bond acceptors (Lipinski definition) is 4. The fourth-order valence-corrected chi connectivity index (χ4v) is 1.34. The van der Waals surface area contributed by atoms with Crippen LogP contribution in [0.15, 0.2) is 5.16 Å². The molecule has 6 heteroatoms. The van der Waals surface area contributed by atoms with Gasteiger partial charge in [0.2, 0.25) is 0 Å². The van der Waals surface area contributed by atoms with Crippen molar-refractivity contribution < 1.29 is 0 Å². The first-order valence-corrected chi connectivity index (χ1v) is 4.65. The third kappa shape index (κ3) is 1.89. The topological polar surface area (TPSA) is 51.8 Å². The van der Waals surface area contributed by atoms with Gasteiger partial charge in [-0.15, -0.1) is 0 Å². The Morgan fingerprint density at radius 1 is 1.27 bits per heavy atom. The van der Waals surface area contributed by atoms with Crippen LogP contribution in [-0.4, -0.2) is 16.2 Å². The number of nitrogen functional groups attached to an aromatic ring is 1. The van der Waals surface area contributed by atoms with E-state index in [1.165, 1.54) is 11.8 Å². The molecule has 0 aliphatic carbocycles. The Kier molecular flexibility index (Phi) is 2.81. The fourth-order valence-electron chi connectivity index (χ4n) is 0.490. The summed E-state index contributed by atoms with van der Waals surface area (Å²) in [6.45, 7) is 0. The van der Waals surface area contributed by atoms with Crippen molar-refractivity contribution in [2.75, 3.05) is 12.0 Å². The fraction of sp³-hybridized carbons (Fsp3) is 0.200. The molecule has 11 heavy (non-hydrogen) atoms. The monoisotopic (exact) mass is 209 g/mol. The normalized spacial score (nSPS) is 10.1. The van der Waals surface area contributed by atoms with E-state index in [9.17, 15) is 0 Å². The number of nitrogens with zero attached hydrogens (tertiary/aromatic N) is 2. The first-order chi connectivity index (χ1) is 5.15. The van der Waals surface area contributed by atoms with E-state index in [1.807, 2.05) is 6.26 Å². The Hall–Kier alpha value is -0.190. The molecule has 1 rings (SSSR count). The van der Waals surface area contributed by atoms with E-state index >= 15 is 0 Å². The molecule has 0 atom stereocenters. The van der Waals surface area contributed by atoms with Gasteiger partial charge in [0, 0.05) is 0 Å². The van der Waals surface area contributed by atoms with Gasteiger partial charge in [-0.1, -0.05) is 35.0 Å². The second kappa shape index (κ2) is 3.47. The summed E-state index contributed by atoms with van der Waals surface area (Å²) in [5, 5.41) is 0.929. The number of hydrogen-bond donors (Lipinski definition) is 1. The molecule has 1 aromatic rings. The zero-order chi connectivity index (χ0) is 8.43. The zero-order valence-corrected chi connectivity index (χ0v) is 7.96. The van der Waals surface area contributed by atoms with Crippen molar-refractivity contribution >= 4 is 40.7 Å². The molecule has 0 unspecified atom stereocenters. The molecular weight excluding hydrogens is 205 g/mol. The van der Waals surface area contributed by atoms with Crippen LogP contribution in [0.3, 0.4) is 0 Å². The molecule has 1 aromatic heterocycles. The van der Waals surface area contributed by atoms with E-state index < -0.39 is 0 Å². The summed E-state index contributed by atoms with van der Waals surface area (Å²) in [4.78, 5) is 7.72. The minimum atomic E-state index is 0.203. The molecule has 0 saturated carbocycles. The molecule has 0 saturated heterocycles. The molecule has 3 nitrogen and oxygen atoms in total. The summed E-state index contributed by atoms with van der Waals surface area (Å²) in [5.74, 6) is 0. The second-order valence-electron chi connectivity index (χ2n) is 1.71. The lowest BCUT2D eigenvalue weighted by atomic mass is 10.6. The van der Waals surface area contributed by atoms with Crippen molar-refractivity contribution in [2.45, 2.75) is 5.16 Å². The van der Waals surface area contributed by atoms with Gasteiger partial charge in [-0.05, 0) is 6.26 Å². The van der Waals surface area contributed by atoms with Crippen molar-refractivity contribution in [1.82, 2.24) is 9.97 Å². The lowest BCUT2D eigenvalue weighted by Gasteiger charge is -2.00. The molecule has 0 aliphatic heterocycles. The van der Waals surface area contributed by atoms with Gasteiger partial charge in [0.25, 0.3) is 0 Å². The van der Waals surface area contributed by atoms with E-state index in [1.54, 1.807) is 0 Å². The van der Waals surface area contributed by atoms with E-state index in [0.717, 1.165) is 0 Å². The third-order valence-electron chi connectivity index (χ3n) is 1.01. The lowest BCUT2D eigenvalue weighted by Crippen LogP contribution is -1.95. The molecule has 0 aromatic carbocycles. The van der Waals surface area contributed by atoms with Gasteiger partial charge in [-0.3, -0.25) is 0 Å². The Labute approximate surface area is 78.3 Å². The van der Waals surface area contributed by atoms with Gasteiger partial charge in [0.1, 0.15) is 5.69 Å². The molecule has 0 spiro atoms. The number of halogens is 2. The maximum Gasteiger partial charge on any atom is 0.190 e.